The lowest BCUT2D eigenvalue weighted by Crippen LogP contribution is -2.02. The molecule has 0 saturated heterocycles. The Morgan fingerprint density at radius 3 is 3.00 bits per heavy atom. The van der Waals surface area contributed by atoms with Gasteiger partial charge in [0.25, 0.3) is 0 Å². The molecule has 0 aliphatic rings. The summed E-state index contributed by atoms with van der Waals surface area (Å²) in [6.07, 6.45) is 2.95. The van der Waals surface area contributed by atoms with Crippen molar-refractivity contribution < 1.29 is 0 Å². The van der Waals surface area contributed by atoms with E-state index < -0.39 is 0 Å². The molecule has 0 aliphatic carbocycles. The van der Waals surface area contributed by atoms with Gasteiger partial charge in [-0.05, 0) is 18.7 Å². The average molecular weight is 240 g/mol. The van der Waals surface area contributed by atoms with E-state index in [1.807, 2.05) is 0 Å². The van der Waals surface area contributed by atoms with Crippen LogP contribution in [0.2, 0.25) is 0 Å². The first-order valence-electron chi connectivity index (χ1n) is 6.08. The van der Waals surface area contributed by atoms with Crippen LogP contribution < -0.4 is 5.73 Å². The fourth-order valence-electron chi connectivity index (χ4n) is 2.33. The first-order chi connectivity index (χ1) is 8.79. The molecule has 0 amide bonds. The van der Waals surface area contributed by atoms with Gasteiger partial charge < -0.3 is 10.3 Å². The molecule has 0 spiro atoms. The molecule has 18 heavy (non-hydrogen) atoms. The molecule has 1 aromatic carbocycles. The number of nitrogens with zero attached hydrogens (tertiary/aromatic N) is 2. The van der Waals surface area contributed by atoms with Crippen LogP contribution in [0, 0.1) is 0 Å². The summed E-state index contributed by atoms with van der Waals surface area (Å²) in [4.78, 5) is 0. The zero-order valence-corrected chi connectivity index (χ0v) is 10.4. The molecule has 0 unspecified atom stereocenters. The minimum Gasteiger partial charge on any atom is -0.350 e. The van der Waals surface area contributed by atoms with Gasteiger partial charge in [0.1, 0.15) is 0 Å². The number of nitrogens with two attached hydrogens (primary N) is 1. The van der Waals surface area contributed by atoms with Gasteiger partial charge in [-0.3, -0.25) is 5.10 Å². The van der Waals surface area contributed by atoms with Gasteiger partial charge in [0, 0.05) is 41.8 Å². The molecule has 3 aromatic rings. The molecular weight excluding hydrogens is 224 g/mol. The summed E-state index contributed by atoms with van der Waals surface area (Å²) in [5.74, 6) is 0. The first kappa shape index (κ1) is 11.0. The maximum absolute atomic E-state index is 5.55. The number of hydrogen-bond donors (Lipinski definition) is 2. The smallest absolute Gasteiger partial charge is 0.0945 e. The van der Waals surface area contributed by atoms with Crippen LogP contribution in [-0.4, -0.2) is 21.3 Å². The number of nitrogens with one attached hydrogen (secondary N) is 1. The molecule has 3 rings (SSSR count). The third-order valence-electron chi connectivity index (χ3n) is 3.22. The molecule has 0 fully saturated rings. The molecule has 2 heterocycles. The van der Waals surface area contributed by atoms with Crippen molar-refractivity contribution >= 4 is 10.9 Å². The monoisotopic (exact) mass is 240 g/mol. The van der Waals surface area contributed by atoms with Crippen molar-refractivity contribution in [1.29, 1.82) is 0 Å². The molecule has 0 aliphatic heterocycles. The van der Waals surface area contributed by atoms with Crippen LogP contribution in [0.4, 0.5) is 0 Å². The van der Waals surface area contributed by atoms with E-state index in [9.17, 15) is 0 Å². The van der Waals surface area contributed by atoms with Crippen molar-refractivity contribution in [1.82, 2.24) is 14.8 Å². The largest absolute Gasteiger partial charge is 0.350 e. The van der Waals surface area contributed by atoms with Gasteiger partial charge in [-0.15, -0.1) is 0 Å². The van der Waals surface area contributed by atoms with Gasteiger partial charge in [-0.25, -0.2) is 0 Å². The highest BCUT2D eigenvalue weighted by atomic mass is 15.1. The minimum atomic E-state index is 0.636. The topological polar surface area (TPSA) is 59.6 Å². The van der Waals surface area contributed by atoms with Crippen LogP contribution >= 0.6 is 0 Å². The van der Waals surface area contributed by atoms with Gasteiger partial charge in [0.15, 0.2) is 0 Å². The maximum atomic E-state index is 5.55. The van der Waals surface area contributed by atoms with Crippen molar-refractivity contribution in [2.45, 2.75) is 6.42 Å². The molecule has 4 nitrogen and oxygen atoms in total. The van der Waals surface area contributed by atoms with Gasteiger partial charge in [0.05, 0.1) is 5.69 Å². The minimum absolute atomic E-state index is 0.636. The van der Waals surface area contributed by atoms with E-state index in [4.69, 9.17) is 5.73 Å². The molecule has 0 bridgehead atoms. The lowest BCUT2D eigenvalue weighted by atomic mass is 10.1. The van der Waals surface area contributed by atoms with E-state index in [0.29, 0.717) is 6.54 Å². The highest BCUT2D eigenvalue weighted by molar-refractivity contribution is 5.95. The van der Waals surface area contributed by atoms with Gasteiger partial charge >= 0.3 is 0 Å². The summed E-state index contributed by atoms with van der Waals surface area (Å²) in [6, 6.07) is 10.4. The third kappa shape index (κ3) is 1.71. The Labute approximate surface area is 105 Å². The number of aromatic nitrogens is 3. The summed E-state index contributed by atoms with van der Waals surface area (Å²) >= 11 is 0. The Bertz CT molecular complexity index is 678. The standard InChI is InChI=1S/C14H16N4/c1-18-9-12(11-4-2-3-5-14(11)18)13-8-10(6-7-15)16-17-13/h2-5,8-9H,6-7,15H2,1H3,(H,16,17). The van der Waals surface area contributed by atoms with Crippen molar-refractivity contribution in [2.75, 3.05) is 6.54 Å². The Morgan fingerprint density at radius 1 is 1.33 bits per heavy atom. The maximum Gasteiger partial charge on any atom is 0.0945 e. The number of hydrogen-bond acceptors (Lipinski definition) is 2. The number of rotatable bonds is 3. The Hall–Kier alpha value is -2.07. The predicted molar refractivity (Wildman–Crippen MR) is 73.3 cm³/mol. The summed E-state index contributed by atoms with van der Waals surface area (Å²) in [7, 11) is 2.05. The van der Waals surface area contributed by atoms with Crippen LogP contribution in [-0.2, 0) is 13.5 Å². The normalized spacial score (nSPS) is 11.2. The number of H-pyrrole nitrogens is 1. The van der Waals surface area contributed by atoms with E-state index in [-0.39, 0.29) is 0 Å². The highest BCUT2D eigenvalue weighted by Gasteiger charge is 2.10. The average Bonchev–Trinajstić information content (AvgIpc) is 2.96. The lowest BCUT2D eigenvalue weighted by molar-refractivity contribution is 0.902. The quantitative estimate of drug-likeness (QED) is 0.736. The van der Waals surface area contributed by atoms with Crippen LogP contribution in [0.15, 0.2) is 36.5 Å². The molecule has 4 heteroatoms. The SMILES string of the molecule is Cn1cc(-c2cc(CCN)[nH]n2)c2ccccc21. The fraction of sp³-hybridized carbons (Fsp3) is 0.214. The van der Waals surface area contributed by atoms with Crippen molar-refractivity contribution in [3.8, 4) is 11.3 Å². The van der Waals surface area contributed by atoms with Gasteiger partial charge in [-0.2, -0.15) is 5.10 Å². The lowest BCUT2D eigenvalue weighted by Gasteiger charge is -1.93. The van der Waals surface area contributed by atoms with E-state index in [2.05, 4.69) is 58.3 Å². The molecule has 0 atom stereocenters. The zero-order chi connectivity index (χ0) is 12.5. The second-order valence-electron chi connectivity index (χ2n) is 4.49. The van der Waals surface area contributed by atoms with E-state index in [1.54, 1.807) is 0 Å². The predicted octanol–water partition coefficient (Wildman–Crippen LogP) is 2.07. The molecule has 2 aromatic heterocycles. The zero-order valence-electron chi connectivity index (χ0n) is 10.4. The second-order valence-corrected chi connectivity index (χ2v) is 4.49. The number of fused-ring (bicyclic) bond motifs is 1. The van der Waals surface area contributed by atoms with Crippen molar-refractivity contribution in [2.24, 2.45) is 12.8 Å². The molecule has 92 valence electrons. The molecule has 0 saturated carbocycles. The number of aromatic amines is 1. The number of benzene rings is 1. The highest BCUT2D eigenvalue weighted by Crippen LogP contribution is 2.28. The van der Waals surface area contributed by atoms with Gasteiger partial charge in [-0.1, -0.05) is 18.2 Å². The summed E-state index contributed by atoms with van der Waals surface area (Å²) < 4.78 is 2.13. The Morgan fingerprint density at radius 2 is 2.17 bits per heavy atom. The fourth-order valence-corrected chi connectivity index (χ4v) is 2.33. The van der Waals surface area contributed by atoms with Crippen LogP contribution in [0.5, 0.6) is 0 Å². The Kier molecular flexibility index (Phi) is 2.64. The Balaban J connectivity index is 2.13. The van der Waals surface area contributed by atoms with Crippen LogP contribution in [0.1, 0.15) is 5.69 Å². The van der Waals surface area contributed by atoms with Crippen LogP contribution in [0.3, 0.4) is 0 Å². The molecule has 0 radical (unpaired) electrons. The molecular formula is C14H16N4. The number of aryl methyl sites for hydroxylation is 1. The second kappa shape index (κ2) is 4.31. The summed E-state index contributed by atoms with van der Waals surface area (Å²) in [6.45, 7) is 0.636. The van der Waals surface area contributed by atoms with E-state index >= 15 is 0 Å². The summed E-state index contributed by atoms with van der Waals surface area (Å²) in [5, 5.41) is 8.64. The van der Waals surface area contributed by atoms with E-state index in [1.165, 1.54) is 10.9 Å². The van der Waals surface area contributed by atoms with E-state index in [0.717, 1.165) is 23.4 Å². The summed E-state index contributed by atoms with van der Waals surface area (Å²) in [5.41, 5.74) is 9.99. The van der Waals surface area contributed by atoms with Crippen molar-refractivity contribution in [3.05, 3.63) is 42.2 Å². The molecule has 3 N–H and O–H groups in total. The first-order valence-corrected chi connectivity index (χ1v) is 6.08. The van der Waals surface area contributed by atoms with Gasteiger partial charge in [0.2, 0.25) is 0 Å². The third-order valence-corrected chi connectivity index (χ3v) is 3.22. The number of para-hydroxylation sites is 1. The van der Waals surface area contributed by atoms with Crippen molar-refractivity contribution in [3.63, 3.8) is 0 Å². The van der Waals surface area contributed by atoms with Crippen LogP contribution in [0.25, 0.3) is 22.2 Å².